The summed E-state index contributed by atoms with van der Waals surface area (Å²) in [6.07, 6.45) is 3.87. The molecule has 2 N–H and O–H groups in total. The van der Waals surface area contributed by atoms with Crippen LogP contribution in [0.5, 0.6) is 0 Å². The van der Waals surface area contributed by atoms with Crippen LogP contribution in [-0.2, 0) is 22.2 Å². The van der Waals surface area contributed by atoms with Gasteiger partial charge in [0.25, 0.3) is 5.56 Å². The van der Waals surface area contributed by atoms with Crippen LogP contribution in [-0.4, -0.2) is 21.4 Å². The number of rotatable bonds is 4. The number of pyridine rings is 1. The molecular weight excluding hydrogens is 364 g/mol. The van der Waals surface area contributed by atoms with Gasteiger partial charge >= 0.3 is 11.8 Å². The van der Waals surface area contributed by atoms with Gasteiger partial charge in [-0.2, -0.15) is 0 Å². The molecule has 0 radical (unpaired) electrons. The standard InChI is InChI=1S/C19H20N4O3S/c1-4-19(2,18-20-9-11-27-18)22-16(25)15(24)21-14-7-5-6-13-12(14)8-10-23(3)17(13)26/h5-11H,4H2,1-3H3,(H,21,24)(H,22,25)/t19-/m0/s1. The van der Waals surface area contributed by atoms with Crippen LogP contribution in [0.1, 0.15) is 25.3 Å². The number of hydrogen-bond donors (Lipinski definition) is 2. The van der Waals surface area contributed by atoms with Gasteiger partial charge in [-0.25, -0.2) is 4.98 Å². The summed E-state index contributed by atoms with van der Waals surface area (Å²) in [4.78, 5) is 41.4. The lowest BCUT2D eigenvalue weighted by atomic mass is 10.00. The summed E-state index contributed by atoms with van der Waals surface area (Å²) in [5.74, 6) is -1.55. The van der Waals surface area contributed by atoms with Gasteiger partial charge in [-0.3, -0.25) is 14.4 Å². The van der Waals surface area contributed by atoms with E-state index in [9.17, 15) is 14.4 Å². The highest BCUT2D eigenvalue weighted by atomic mass is 32.1. The first-order chi connectivity index (χ1) is 12.9. The minimum atomic E-state index is -0.792. The van der Waals surface area contributed by atoms with Crippen molar-refractivity contribution in [2.45, 2.75) is 25.8 Å². The summed E-state index contributed by atoms with van der Waals surface area (Å²) in [6.45, 7) is 3.75. The molecule has 27 heavy (non-hydrogen) atoms. The van der Waals surface area contributed by atoms with Crippen molar-refractivity contribution in [3.8, 4) is 0 Å². The van der Waals surface area contributed by atoms with Gasteiger partial charge < -0.3 is 15.2 Å². The predicted octanol–water partition coefficient (Wildman–Crippen LogP) is 2.38. The number of aromatic nitrogens is 2. The summed E-state index contributed by atoms with van der Waals surface area (Å²) < 4.78 is 1.46. The van der Waals surface area contributed by atoms with Crippen molar-refractivity contribution in [2.24, 2.45) is 7.05 Å². The second kappa shape index (κ2) is 7.32. The third-order valence-electron chi connectivity index (χ3n) is 4.58. The molecule has 2 heterocycles. The van der Waals surface area contributed by atoms with E-state index in [-0.39, 0.29) is 5.56 Å². The van der Waals surface area contributed by atoms with E-state index in [0.717, 1.165) is 5.01 Å². The first-order valence-corrected chi connectivity index (χ1v) is 9.35. The fourth-order valence-electron chi connectivity index (χ4n) is 2.76. The largest absolute Gasteiger partial charge is 0.336 e. The van der Waals surface area contributed by atoms with Gasteiger partial charge in [0.1, 0.15) is 5.01 Å². The van der Waals surface area contributed by atoms with Crippen LogP contribution in [0, 0.1) is 0 Å². The van der Waals surface area contributed by atoms with Gasteiger partial charge in [-0.1, -0.05) is 13.0 Å². The van der Waals surface area contributed by atoms with E-state index in [1.54, 1.807) is 43.7 Å². The molecule has 3 aromatic rings. The molecule has 0 aliphatic heterocycles. The van der Waals surface area contributed by atoms with Crippen molar-refractivity contribution in [1.29, 1.82) is 0 Å². The van der Waals surface area contributed by atoms with E-state index in [4.69, 9.17) is 0 Å². The van der Waals surface area contributed by atoms with Crippen LogP contribution in [0.25, 0.3) is 10.8 Å². The molecule has 0 bridgehead atoms. The Labute approximate surface area is 160 Å². The molecule has 3 rings (SSSR count). The lowest BCUT2D eigenvalue weighted by Gasteiger charge is -2.27. The number of benzene rings is 1. The number of carbonyl (C=O) groups is 2. The van der Waals surface area contributed by atoms with Gasteiger partial charge in [0.05, 0.1) is 5.54 Å². The number of anilines is 1. The molecular formula is C19H20N4O3S. The van der Waals surface area contributed by atoms with Crippen LogP contribution >= 0.6 is 11.3 Å². The number of nitrogens with one attached hydrogen (secondary N) is 2. The van der Waals surface area contributed by atoms with Crippen molar-refractivity contribution >= 4 is 39.6 Å². The zero-order valence-electron chi connectivity index (χ0n) is 15.3. The number of fused-ring (bicyclic) bond motifs is 1. The number of carbonyl (C=O) groups excluding carboxylic acids is 2. The maximum absolute atomic E-state index is 12.5. The van der Waals surface area contributed by atoms with Crippen LogP contribution in [0.4, 0.5) is 5.69 Å². The molecule has 0 aliphatic rings. The van der Waals surface area contributed by atoms with Crippen molar-refractivity contribution in [2.75, 3.05) is 5.32 Å². The van der Waals surface area contributed by atoms with E-state index in [2.05, 4.69) is 15.6 Å². The van der Waals surface area contributed by atoms with Crippen molar-refractivity contribution in [3.05, 3.63) is 57.4 Å². The number of hydrogen-bond acceptors (Lipinski definition) is 5. The zero-order chi connectivity index (χ0) is 19.6. The Kier molecular flexibility index (Phi) is 5.09. The SMILES string of the molecule is CC[C@](C)(NC(=O)C(=O)Nc1cccc2c(=O)n(C)ccc12)c1nccs1. The predicted molar refractivity (Wildman–Crippen MR) is 106 cm³/mol. The Morgan fingerprint density at radius 2 is 2.00 bits per heavy atom. The maximum Gasteiger partial charge on any atom is 0.313 e. The Balaban J connectivity index is 1.83. The molecule has 0 fully saturated rings. The molecule has 1 aromatic carbocycles. The second-order valence-electron chi connectivity index (χ2n) is 6.43. The molecule has 0 saturated heterocycles. The van der Waals surface area contributed by atoms with Gasteiger partial charge in [-0.15, -0.1) is 11.3 Å². The summed E-state index contributed by atoms with van der Waals surface area (Å²) in [5.41, 5.74) is -0.481. The van der Waals surface area contributed by atoms with E-state index in [1.807, 2.05) is 19.2 Å². The van der Waals surface area contributed by atoms with Gasteiger partial charge in [0, 0.05) is 41.3 Å². The molecule has 0 spiro atoms. The van der Waals surface area contributed by atoms with E-state index >= 15 is 0 Å². The highest BCUT2D eigenvalue weighted by Gasteiger charge is 2.31. The number of nitrogens with zero attached hydrogens (tertiary/aromatic N) is 2. The lowest BCUT2D eigenvalue weighted by Crippen LogP contribution is -2.47. The summed E-state index contributed by atoms with van der Waals surface area (Å²) in [7, 11) is 1.66. The third kappa shape index (κ3) is 3.61. The smallest absolute Gasteiger partial charge is 0.313 e. The first-order valence-electron chi connectivity index (χ1n) is 8.47. The highest BCUT2D eigenvalue weighted by molar-refractivity contribution is 7.09. The van der Waals surface area contributed by atoms with Gasteiger partial charge in [0.15, 0.2) is 0 Å². The molecule has 8 heteroatoms. The molecule has 0 unspecified atom stereocenters. The van der Waals surface area contributed by atoms with E-state index in [1.165, 1.54) is 15.9 Å². The van der Waals surface area contributed by atoms with Crippen LogP contribution in [0.3, 0.4) is 0 Å². The minimum absolute atomic E-state index is 0.171. The Morgan fingerprint density at radius 3 is 2.67 bits per heavy atom. The number of thiazole rings is 1. The Bertz CT molecular complexity index is 1060. The molecule has 0 aliphatic carbocycles. The van der Waals surface area contributed by atoms with Gasteiger partial charge in [0.2, 0.25) is 0 Å². The second-order valence-corrected chi connectivity index (χ2v) is 7.32. The normalized spacial score (nSPS) is 13.1. The van der Waals surface area contributed by atoms with Crippen LogP contribution < -0.4 is 16.2 Å². The fraction of sp³-hybridized carbons (Fsp3) is 0.263. The average Bonchev–Trinajstić information content (AvgIpc) is 3.20. The van der Waals surface area contributed by atoms with Crippen LogP contribution in [0.15, 0.2) is 46.8 Å². The summed E-state index contributed by atoms with van der Waals surface area (Å²) in [6, 6.07) is 6.75. The van der Waals surface area contributed by atoms with E-state index < -0.39 is 17.4 Å². The van der Waals surface area contributed by atoms with Crippen molar-refractivity contribution in [3.63, 3.8) is 0 Å². The molecule has 0 saturated carbocycles. The molecule has 2 amide bonds. The third-order valence-corrected chi connectivity index (χ3v) is 5.61. The van der Waals surface area contributed by atoms with Crippen LogP contribution in [0.2, 0.25) is 0 Å². The van der Waals surface area contributed by atoms with Crippen molar-refractivity contribution in [1.82, 2.24) is 14.9 Å². The Morgan fingerprint density at radius 1 is 1.22 bits per heavy atom. The average molecular weight is 384 g/mol. The zero-order valence-corrected chi connectivity index (χ0v) is 16.1. The summed E-state index contributed by atoms with van der Waals surface area (Å²) >= 11 is 1.42. The molecule has 2 aromatic heterocycles. The van der Waals surface area contributed by atoms with E-state index in [0.29, 0.717) is 22.9 Å². The number of amides is 2. The minimum Gasteiger partial charge on any atom is -0.336 e. The quantitative estimate of drug-likeness (QED) is 0.676. The number of aryl methyl sites for hydroxylation is 1. The first kappa shape index (κ1) is 18.8. The topological polar surface area (TPSA) is 93.1 Å². The molecule has 1 atom stereocenters. The maximum atomic E-state index is 12.5. The lowest BCUT2D eigenvalue weighted by molar-refractivity contribution is -0.137. The fourth-order valence-corrected chi connectivity index (χ4v) is 3.59. The summed E-state index contributed by atoms with van der Waals surface area (Å²) in [5, 5.41) is 8.99. The van der Waals surface area contributed by atoms with Crippen molar-refractivity contribution < 1.29 is 9.59 Å². The molecule has 7 nitrogen and oxygen atoms in total. The molecule has 140 valence electrons. The van der Waals surface area contributed by atoms with Gasteiger partial charge in [-0.05, 0) is 31.5 Å². The Hall–Kier alpha value is -3.00. The highest BCUT2D eigenvalue weighted by Crippen LogP contribution is 2.26. The monoisotopic (exact) mass is 384 g/mol.